The molecule has 0 saturated carbocycles. The molecule has 4 rings (SSSR count). The monoisotopic (exact) mass is 274 g/mol. The number of hydrogen-bond donors (Lipinski definition) is 1. The summed E-state index contributed by atoms with van der Waals surface area (Å²) in [4.78, 5) is 4.19. The first-order chi connectivity index (χ1) is 10.4. The molecular formula is C19H18N2. The smallest absolute Gasteiger partial charge is 0.0346 e. The zero-order valence-corrected chi connectivity index (χ0v) is 11.9. The summed E-state index contributed by atoms with van der Waals surface area (Å²) < 4.78 is 0. The quantitative estimate of drug-likeness (QED) is 0.785. The van der Waals surface area contributed by atoms with Crippen LogP contribution in [0.15, 0.2) is 60.9 Å². The molecule has 1 unspecified atom stereocenters. The number of fused-ring (bicyclic) bond motifs is 2. The lowest BCUT2D eigenvalue weighted by molar-refractivity contribution is 0.536. The van der Waals surface area contributed by atoms with Gasteiger partial charge in [0.1, 0.15) is 0 Å². The molecule has 0 bridgehead atoms. The summed E-state index contributed by atoms with van der Waals surface area (Å²) in [6, 6.07) is 17.3. The van der Waals surface area contributed by atoms with Crippen LogP contribution < -0.4 is 5.32 Å². The summed E-state index contributed by atoms with van der Waals surface area (Å²) in [6.45, 7) is 1.97. The second kappa shape index (κ2) is 5.30. The van der Waals surface area contributed by atoms with Crippen molar-refractivity contribution in [1.29, 1.82) is 0 Å². The second-order valence-corrected chi connectivity index (χ2v) is 5.74. The second-order valence-electron chi connectivity index (χ2n) is 5.74. The highest BCUT2D eigenvalue weighted by molar-refractivity contribution is 5.84. The summed E-state index contributed by atoms with van der Waals surface area (Å²) in [6.07, 6.45) is 5.01. The molecule has 0 radical (unpaired) electrons. The van der Waals surface area contributed by atoms with Crippen LogP contribution in [0.5, 0.6) is 0 Å². The summed E-state index contributed by atoms with van der Waals surface area (Å²) in [7, 11) is 0. The Labute approximate surface area is 124 Å². The molecule has 1 atom stereocenters. The van der Waals surface area contributed by atoms with Gasteiger partial charge >= 0.3 is 0 Å². The van der Waals surface area contributed by atoms with Crippen LogP contribution in [-0.2, 0) is 13.0 Å². The maximum atomic E-state index is 4.19. The number of pyridine rings is 1. The van der Waals surface area contributed by atoms with E-state index in [0.717, 1.165) is 13.1 Å². The van der Waals surface area contributed by atoms with Gasteiger partial charge in [-0.05, 0) is 34.6 Å². The molecule has 2 aromatic carbocycles. The molecule has 0 amide bonds. The third-order valence-corrected chi connectivity index (χ3v) is 4.44. The largest absolute Gasteiger partial charge is 0.312 e. The van der Waals surface area contributed by atoms with E-state index in [0.29, 0.717) is 5.92 Å². The normalized spacial score (nSPS) is 16.5. The van der Waals surface area contributed by atoms with Crippen molar-refractivity contribution >= 4 is 10.8 Å². The Hall–Kier alpha value is -2.19. The first-order valence-corrected chi connectivity index (χ1v) is 7.52. The Balaban J connectivity index is 1.43. The molecule has 0 spiro atoms. The highest BCUT2D eigenvalue weighted by atomic mass is 14.9. The maximum absolute atomic E-state index is 4.19. The van der Waals surface area contributed by atoms with E-state index in [1.165, 1.54) is 33.9 Å². The van der Waals surface area contributed by atoms with Crippen LogP contribution in [-0.4, -0.2) is 11.5 Å². The van der Waals surface area contributed by atoms with Gasteiger partial charge in [-0.15, -0.1) is 0 Å². The highest BCUT2D eigenvalue weighted by Crippen LogP contribution is 2.34. The van der Waals surface area contributed by atoms with Gasteiger partial charge in [-0.3, -0.25) is 4.98 Å². The number of rotatable bonds is 4. The van der Waals surface area contributed by atoms with Crippen molar-refractivity contribution in [2.24, 2.45) is 0 Å². The molecule has 104 valence electrons. The van der Waals surface area contributed by atoms with Crippen LogP contribution in [0.2, 0.25) is 0 Å². The maximum Gasteiger partial charge on any atom is 0.0346 e. The lowest BCUT2D eigenvalue weighted by atomic mass is 9.77. The fraction of sp³-hybridized carbons (Fsp3) is 0.211. The summed E-state index contributed by atoms with van der Waals surface area (Å²) in [5.74, 6) is 0.679. The molecule has 0 saturated heterocycles. The summed E-state index contributed by atoms with van der Waals surface area (Å²) in [5.41, 5.74) is 4.38. The topological polar surface area (TPSA) is 24.9 Å². The molecule has 3 aromatic rings. The van der Waals surface area contributed by atoms with Gasteiger partial charge in [0.15, 0.2) is 0 Å². The van der Waals surface area contributed by atoms with Crippen molar-refractivity contribution < 1.29 is 0 Å². The Bertz CT molecular complexity index is 774. The van der Waals surface area contributed by atoms with Gasteiger partial charge in [-0.25, -0.2) is 0 Å². The standard InChI is InChI=1S/C19H18N2/c1-2-7-18-14(4-1)10-17(18)13-21-12-16-6-3-5-15-11-20-9-8-19(15)16/h1-9,11,17,21H,10,12-13H2. The Morgan fingerprint density at radius 3 is 2.95 bits per heavy atom. The third-order valence-electron chi connectivity index (χ3n) is 4.44. The summed E-state index contributed by atoms with van der Waals surface area (Å²) in [5, 5.41) is 6.13. The fourth-order valence-electron chi connectivity index (χ4n) is 3.27. The number of hydrogen-bond acceptors (Lipinski definition) is 2. The van der Waals surface area contributed by atoms with E-state index >= 15 is 0 Å². The van der Waals surface area contributed by atoms with Crippen LogP contribution in [0.4, 0.5) is 0 Å². The molecule has 2 heteroatoms. The van der Waals surface area contributed by atoms with Crippen molar-refractivity contribution in [2.45, 2.75) is 18.9 Å². The minimum atomic E-state index is 0.679. The van der Waals surface area contributed by atoms with E-state index in [4.69, 9.17) is 0 Å². The highest BCUT2D eigenvalue weighted by Gasteiger charge is 2.24. The molecule has 1 heterocycles. The lowest BCUT2D eigenvalue weighted by Gasteiger charge is -2.30. The van der Waals surface area contributed by atoms with E-state index in [1.807, 2.05) is 12.4 Å². The van der Waals surface area contributed by atoms with Gasteiger partial charge in [0.05, 0.1) is 0 Å². The average molecular weight is 274 g/mol. The minimum Gasteiger partial charge on any atom is -0.312 e. The van der Waals surface area contributed by atoms with Crippen LogP contribution in [0.25, 0.3) is 10.8 Å². The Morgan fingerprint density at radius 2 is 2.00 bits per heavy atom. The summed E-state index contributed by atoms with van der Waals surface area (Å²) >= 11 is 0. The van der Waals surface area contributed by atoms with Crippen LogP contribution in [0, 0.1) is 0 Å². The van der Waals surface area contributed by atoms with E-state index in [-0.39, 0.29) is 0 Å². The Kier molecular flexibility index (Phi) is 3.17. The van der Waals surface area contributed by atoms with Gasteiger partial charge in [-0.2, -0.15) is 0 Å². The minimum absolute atomic E-state index is 0.679. The van der Waals surface area contributed by atoms with Crippen molar-refractivity contribution in [1.82, 2.24) is 10.3 Å². The van der Waals surface area contributed by atoms with E-state index in [2.05, 4.69) is 58.8 Å². The molecule has 1 aromatic heterocycles. The van der Waals surface area contributed by atoms with Crippen molar-refractivity contribution in [3.8, 4) is 0 Å². The lowest BCUT2D eigenvalue weighted by Crippen LogP contribution is -2.28. The predicted octanol–water partition coefficient (Wildman–Crippen LogP) is 3.66. The van der Waals surface area contributed by atoms with E-state index in [9.17, 15) is 0 Å². The fourth-order valence-corrected chi connectivity index (χ4v) is 3.27. The first kappa shape index (κ1) is 12.5. The number of benzene rings is 2. The molecule has 21 heavy (non-hydrogen) atoms. The zero-order valence-electron chi connectivity index (χ0n) is 11.9. The molecule has 2 nitrogen and oxygen atoms in total. The number of nitrogens with zero attached hydrogens (tertiary/aromatic N) is 1. The number of nitrogens with one attached hydrogen (secondary N) is 1. The Morgan fingerprint density at radius 1 is 1.05 bits per heavy atom. The van der Waals surface area contributed by atoms with Gasteiger partial charge in [-0.1, -0.05) is 42.5 Å². The van der Waals surface area contributed by atoms with Gasteiger partial charge in [0, 0.05) is 36.8 Å². The van der Waals surface area contributed by atoms with Crippen LogP contribution in [0.1, 0.15) is 22.6 Å². The van der Waals surface area contributed by atoms with Gasteiger partial charge in [0.2, 0.25) is 0 Å². The molecule has 1 aliphatic carbocycles. The molecule has 1 N–H and O–H groups in total. The third kappa shape index (κ3) is 2.32. The molecule has 1 aliphatic rings. The average Bonchev–Trinajstić information content (AvgIpc) is 2.52. The van der Waals surface area contributed by atoms with Crippen molar-refractivity contribution in [3.05, 3.63) is 77.6 Å². The van der Waals surface area contributed by atoms with Gasteiger partial charge < -0.3 is 5.32 Å². The SMILES string of the molecule is c1ccc2c(c1)CC2CNCc1cccc2cnccc12. The molecule has 0 fully saturated rings. The van der Waals surface area contributed by atoms with E-state index < -0.39 is 0 Å². The number of aromatic nitrogens is 1. The first-order valence-electron chi connectivity index (χ1n) is 7.52. The van der Waals surface area contributed by atoms with Gasteiger partial charge in [0.25, 0.3) is 0 Å². The van der Waals surface area contributed by atoms with Crippen molar-refractivity contribution in [3.63, 3.8) is 0 Å². The zero-order chi connectivity index (χ0) is 14.1. The predicted molar refractivity (Wildman–Crippen MR) is 86.3 cm³/mol. The van der Waals surface area contributed by atoms with Crippen molar-refractivity contribution in [2.75, 3.05) is 6.54 Å². The van der Waals surface area contributed by atoms with Crippen LogP contribution >= 0.6 is 0 Å². The van der Waals surface area contributed by atoms with Crippen LogP contribution in [0.3, 0.4) is 0 Å². The molecular weight excluding hydrogens is 256 g/mol. The molecule has 0 aliphatic heterocycles. The van der Waals surface area contributed by atoms with E-state index in [1.54, 1.807) is 0 Å².